The fourth-order valence-electron chi connectivity index (χ4n) is 1.03. The molecule has 10 heavy (non-hydrogen) atoms. The van der Waals surface area contributed by atoms with Crippen molar-refractivity contribution in [3.8, 4) is 0 Å². The standard InChI is InChI=1S/C6H12N2O.ClH/c1-6(5(7)9)2-3-8-4-6;/h8H,2-4H2,1H3,(H2,7,9);1H. The van der Waals surface area contributed by atoms with Crippen LogP contribution < -0.4 is 11.1 Å². The number of hydrogen-bond donors (Lipinski definition) is 2. The molecule has 1 fully saturated rings. The maximum atomic E-state index is 10.7. The quantitative estimate of drug-likeness (QED) is 0.569. The van der Waals surface area contributed by atoms with Crippen molar-refractivity contribution < 1.29 is 4.79 Å². The van der Waals surface area contributed by atoms with Crippen LogP contribution in [0, 0.1) is 5.41 Å². The molecule has 0 aromatic rings. The van der Waals surface area contributed by atoms with Crippen LogP contribution in [0.2, 0.25) is 0 Å². The number of rotatable bonds is 1. The fourth-order valence-corrected chi connectivity index (χ4v) is 1.03. The average Bonchev–Trinajstić information content (AvgIpc) is 2.16. The van der Waals surface area contributed by atoms with E-state index in [0.29, 0.717) is 0 Å². The Bertz CT molecular complexity index is 132. The number of carbonyl (C=O) groups is 1. The highest BCUT2D eigenvalue weighted by molar-refractivity contribution is 5.85. The van der Waals surface area contributed by atoms with Crippen LogP contribution in [0.1, 0.15) is 13.3 Å². The van der Waals surface area contributed by atoms with E-state index in [1.807, 2.05) is 6.92 Å². The van der Waals surface area contributed by atoms with Gasteiger partial charge in [0.1, 0.15) is 0 Å². The predicted molar refractivity (Wildman–Crippen MR) is 42.0 cm³/mol. The van der Waals surface area contributed by atoms with Gasteiger partial charge in [-0.15, -0.1) is 12.4 Å². The summed E-state index contributed by atoms with van der Waals surface area (Å²) in [4.78, 5) is 10.7. The zero-order valence-electron chi connectivity index (χ0n) is 6.02. The first-order valence-corrected chi connectivity index (χ1v) is 3.16. The Hall–Kier alpha value is -0.280. The molecule has 1 amide bonds. The third-order valence-corrected chi connectivity index (χ3v) is 1.96. The number of primary amides is 1. The van der Waals surface area contributed by atoms with Crippen LogP contribution in [0.3, 0.4) is 0 Å². The van der Waals surface area contributed by atoms with Gasteiger partial charge in [-0.05, 0) is 19.9 Å². The van der Waals surface area contributed by atoms with Gasteiger partial charge in [-0.1, -0.05) is 0 Å². The van der Waals surface area contributed by atoms with Crippen LogP contribution >= 0.6 is 12.4 Å². The minimum absolute atomic E-state index is 0. The lowest BCUT2D eigenvalue weighted by Gasteiger charge is -2.16. The van der Waals surface area contributed by atoms with Crippen molar-refractivity contribution in [3.63, 3.8) is 0 Å². The SMILES string of the molecule is CC1(C(N)=O)CCNC1.Cl. The Kier molecular flexibility index (Phi) is 3.12. The minimum Gasteiger partial charge on any atom is -0.369 e. The van der Waals surface area contributed by atoms with E-state index in [1.165, 1.54) is 0 Å². The van der Waals surface area contributed by atoms with E-state index in [0.717, 1.165) is 19.5 Å². The topological polar surface area (TPSA) is 55.1 Å². The molecule has 1 heterocycles. The van der Waals surface area contributed by atoms with E-state index in [9.17, 15) is 4.79 Å². The monoisotopic (exact) mass is 164 g/mol. The van der Waals surface area contributed by atoms with Gasteiger partial charge >= 0.3 is 0 Å². The molecule has 0 radical (unpaired) electrons. The summed E-state index contributed by atoms with van der Waals surface area (Å²) in [5.74, 6) is -0.187. The van der Waals surface area contributed by atoms with Gasteiger partial charge in [-0.3, -0.25) is 4.79 Å². The van der Waals surface area contributed by atoms with Crippen LogP contribution in [0.4, 0.5) is 0 Å². The number of carbonyl (C=O) groups excluding carboxylic acids is 1. The summed E-state index contributed by atoms with van der Waals surface area (Å²) in [5.41, 5.74) is 4.88. The second kappa shape index (κ2) is 3.21. The molecule has 4 heteroatoms. The number of amides is 1. The fraction of sp³-hybridized carbons (Fsp3) is 0.833. The Morgan fingerprint density at radius 3 is 2.50 bits per heavy atom. The third kappa shape index (κ3) is 1.61. The van der Waals surface area contributed by atoms with E-state index >= 15 is 0 Å². The number of nitrogens with one attached hydrogen (secondary N) is 1. The lowest BCUT2D eigenvalue weighted by atomic mass is 9.89. The van der Waals surface area contributed by atoms with Gasteiger partial charge in [0.05, 0.1) is 5.41 Å². The first-order valence-electron chi connectivity index (χ1n) is 3.16. The van der Waals surface area contributed by atoms with Crippen molar-refractivity contribution in [3.05, 3.63) is 0 Å². The van der Waals surface area contributed by atoms with E-state index in [-0.39, 0.29) is 23.7 Å². The smallest absolute Gasteiger partial charge is 0.224 e. The third-order valence-electron chi connectivity index (χ3n) is 1.96. The highest BCUT2D eigenvalue weighted by Crippen LogP contribution is 2.22. The molecule has 3 N–H and O–H groups in total. The van der Waals surface area contributed by atoms with Gasteiger partial charge in [0.2, 0.25) is 5.91 Å². The predicted octanol–water partition coefficient (Wildman–Crippen LogP) is -0.107. The molecule has 0 aromatic carbocycles. The van der Waals surface area contributed by atoms with Crippen molar-refractivity contribution in [1.29, 1.82) is 0 Å². The van der Waals surface area contributed by atoms with Crippen LogP contribution in [0.15, 0.2) is 0 Å². The normalized spacial score (nSPS) is 31.3. The molecule has 0 saturated carbocycles. The van der Waals surface area contributed by atoms with E-state index in [4.69, 9.17) is 5.73 Å². The number of halogens is 1. The van der Waals surface area contributed by atoms with E-state index in [1.54, 1.807) is 0 Å². The highest BCUT2D eigenvalue weighted by atomic mass is 35.5. The van der Waals surface area contributed by atoms with Crippen LogP contribution in [-0.2, 0) is 4.79 Å². The molecular weight excluding hydrogens is 152 g/mol. The summed E-state index contributed by atoms with van der Waals surface area (Å²) in [6.07, 6.45) is 0.877. The second-order valence-corrected chi connectivity index (χ2v) is 2.85. The summed E-state index contributed by atoms with van der Waals surface area (Å²) in [6.45, 7) is 3.55. The van der Waals surface area contributed by atoms with Crippen molar-refractivity contribution in [2.45, 2.75) is 13.3 Å². The zero-order valence-corrected chi connectivity index (χ0v) is 6.83. The van der Waals surface area contributed by atoms with Crippen molar-refractivity contribution >= 4 is 18.3 Å². The molecule has 0 bridgehead atoms. The lowest BCUT2D eigenvalue weighted by Crippen LogP contribution is -2.35. The Labute approximate surface area is 66.8 Å². The molecule has 1 atom stereocenters. The molecule has 1 saturated heterocycles. The first-order chi connectivity index (χ1) is 4.15. The maximum Gasteiger partial charge on any atom is 0.224 e. The van der Waals surface area contributed by atoms with Gasteiger partial charge in [-0.25, -0.2) is 0 Å². The number of nitrogens with two attached hydrogens (primary N) is 1. The summed E-state index contributed by atoms with van der Waals surface area (Å²) in [6, 6.07) is 0. The zero-order chi connectivity index (χ0) is 6.91. The molecule has 0 aliphatic carbocycles. The van der Waals surface area contributed by atoms with Gasteiger partial charge < -0.3 is 11.1 Å². The summed E-state index contributed by atoms with van der Waals surface area (Å²) >= 11 is 0. The van der Waals surface area contributed by atoms with Gasteiger partial charge in [0.15, 0.2) is 0 Å². The summed E-state index contributed by atoms with van der Waals surface area (Å²) < 4.78 is 0. The lowest BCUT2D eigenvalue weighted by molar-refractivity contribution is -0.125. The van der Waals surface area contributed by atoms with Crippen LogP contribution in [0.25, 0.3) is 0 Å². The molecule has 1 aliphatic rings. The molecule has 0 spiro atoms. The van der Waals surface area contributed by atoms with Crippen molar-refractivity contribution in [2.75, 3.05) is 13.1 Å². The Morgan fingerprint density at radius 2 is 2.30 bits per heavy atom. The molecule has 1 rings (SSSR count). The first kappa shape index (κ1) is 9.72. The Balaban J connectivity index is 0.000000810. The molecule has 0 aromatic heterocycles. The molecule has 3 nitrogen and oxygen atoms in total. The maximum absolute atomic E-state index is 10.7. The Morgan fingerprint density at radius 1 is 1.70 bits per heavy atom. The molecule has 60 valence electrons. The summed E-state index contributed by atoms with van der Waals surface area (Å²) in [7, 11) is 0. The van der Waals surface area contributed by atoms with Crippen LogP contribution in [0.5, 0.6) is 0 Å². The summed E-state index contributed by atoms with van der Waals surface area (Å²) in [5, 5.41) is 3.09. The van der Waals surface area contributed by atoms with E-state index in [2.05, 4.69) is 5.32 Å². The van der Waals surface area contributed by atoms with Crippen LogP contribution in [-0.4, -0.2) is 19.0 Å². The molecule has 1 aliphatic heterocycles. The molecular formula is C6H13ClN2O. The minimum atomic E-state index is -0.278. The average molecular weight is 165 g/mol. The van der Waals surface area contributed by atoms with Gasteiger partial charge in [0.25, 0.3) is 0 Å². The number of hydrogen-bond acceptors (Lipinski definition) is 2. The van der Waals surface area contributed by atoms with Gasteiger partial charge in [-0.2, -0.15) is 0 Å². The van der Waals surface area contributed by atoms with Crippen molar-refractivity contribution in [2.24, 2.45) is 11.1 Å². The van der Waals surface area contributed by atoms with Crippen molar-refractivity contribution in [1.82, 2.24) is 5.32 Å². The molecule has 1 unspecified atom stereocenters. The van der Waals surface area contributed by atoms with E-state index < -0.39 is 0 Å². The van der Waals surface area contributed by atoms with Gasteiger partial charge in [0, 0.05) is 6.54 Å². The second-order valence-electron chi connectivity index (χ2n) is 2.85. The largest absolute Gasteiger partial charge is 0.369 e. The highest BCUT2D eigenvalue weighted by Gasteiger charge is 2.33.